The van der Waals surface area contributed by atoms with Crippen molar-refractivity contribution in [1.29, 1.82) is 0 Å². The lowest BCUT2D eigenvalue weighted by atomic mass is 10.00. The van der Waals surface area contributed by atoms with Crippen LogP contribution in [-0.2, 0) is 0 Å². The van der Waals surface area contributed by atoms with E-state index in [0.29, 0.717) is 5.82 Å². The number of anilines is 2. The summed E-state index contributed by atoms with van der Waals surface area (Å²) in [5.41, 5.74) is 9.43. The van der Waals surface area contributed by atoms with Crippen molar-refractivity contribution >= 4 is 11.8 Å². The number of halogens is 1. The molecule has 4 rings (SSSR count). The minimum Gasteiger partial charge on any atom is -0.369 e. The lowest BCUT2D eigenvalue weighted by Crippen LogP contribution is -2.24. The molecule has 4 N–H and O–H groups in total. The lowest BCUT2D eigenvalue weighted by Gasteiger charge is -2.15. The van der Waals surface area contributed by atoms with Crippen LogP contribution >= 0.6 is 0 Å². The fourth-order valence-corrected chi connectivity index (χ4v) is 3.53. The van der Waals surface area contributed by atoms with E-state index in [9.17, 15) is 4.39 Å². The maximum Gasteiger partial charge on any atom is 0.221 e. The topological polar surface area (TPSA) is 79.1 Å². The van der Waals surface area contributed by atoms with Gasteiger partial charge in [0.1, 0.15) is 11.6 Å². The Balaban J connectivity index is 1.52. The molecule has 150 valence electrons. The van der Waals surface area contributed by atoms with Crippen LogP contribution in [0.5, 0.6) is 0 Å². The van der Waals surface area contributed by atoms with Crippen molar-refractivity contribution < 1.29 is 4.39 Å². The first kappa shape index (κ1) is 19.3. The predicted molar refractivity (Wildman–Crippen MR) is 115 cm³/mol. The molecule has 0 unspecified atom stereocenters. The molecule has 0 spiro atoms. The standard InChI is InChI=1S/C22H25FN6/c23-19-7-2-5-17(13-19)16-4-1-6-18(12-16)20-14-27-22(24)28-21(20)26-8-3-10-29-11-9-25-15-29/h1-2,4-7,12-14,25H,3,8-11,15H2,(H3,24,26,27,28). The van der Waals surface area contributed by atoms with Gasteiger partial charge >= 0.3 is 0 Å². The molecule has 1 fully saturated rings. The summed E-state index contributed by atoms with van der Waals surface area (Å²) in [7, 11) is 0. The minimum absolute atomic E-state index is 0.237. The molecule has 1 saturated heterocycles. The largest absolute Gasteiger partial charge is 0.369 e. The number of hydrogen-bond donors (Lipinski definition) is 3. The van der Waals surface area contributed by atoms with E-state index in [2.05, 4.69) is 25.5 Å². The highest BCUT2D eigenvalue weighted by Gasteiger charge is 2.12. The zero-order valence-electron chi connectivity index (χ0n) is 16.2. The van der Waals surface area contributed by atoms with Gasteiger partial charge in [-0.15, -0.1) is 0 Å². The zero-order valence-corrected chi connectivity index (χ0v) is 16.2. The summed E-state index contributed by atoms with van der Waals surface area (Å²) in [6.07, 6.45) is 2.74. The molecule has 3 aromatic rings. The van der Waals surface area contributed by atoms with E-state index in [1.807, 2.05) is 30.3 Å². The van der Waals surface area contributed by atoms with Crippen LogP contribution in [0.25, 0.3) is 22.3 Å². The number of aromatic nitrogens is 2. The molecule has 0 bridgehead atoms. The van der Waals surface area contributed by atoms with Crippen molar-refractivity contribution in [1.82, 2.24) is 20.2 Å². The van der Waals surface area contributed by atoms with Gasteiger partial charge in [0.05, 0.1) is 0 Å². The molecular weight excluding hydrogens is 367 g/mol. The second-order valence-corrected chi connectivity index (χ2v) is 7.14. The van der Waals surface area contributed by atoms with E-state index in [0.717, 1.165) is 61.5 Å². The molecule has 0 radical (unpaired) electrons. The molecule has 1 aliphatic heterocycles. The van der Waals surface area contributed by atoms with Gasteiger partial charge < -0.3 is 16.4 Å². The molecule has 2 heterocycles. The molecule has 29 heavy (non-hydrogen) atoms. The molecule has 0 aliphatic carbocycles. The molecule has 1 aliphatic rings. The fourth-order valence-electron chi connectivity index (χ4n) is 3.53. The van der Waals surface area contributed by atoms with Crippen molar-refractivity contribution in [3.05, 3.63) is 60.5 Å². The van der Waals surface area contributed by atoms with E-state index in [1.54, 1.807) is 12.3 Å². The van der Waals surface area contributed by atoms with Gasteiger partial charge in [-0.05, 0) is 41.3 Å². The zero-order chi connectivity index (χ0) is 20.1. The Labute approximate surface area is 170 Å². The minimum atomic E-state index is -0.251. The molecule has 0 saturated carbocycles. The highest BCUT2D eigenvalue weighted by atomic mass is 19.1. The first-order chi connectivity index (χ1) is 14.2. The average molecular weight is 392 g/mol. The molecule has 0 amide bonds. The summed E-state index contributed by atoms with van der Waals surface area (Å²) < 4.78 is 13.6. The highest BCUT2D eigenvalue weighted by molar-refractivity contribution is 5.79. The van der Waals surface area contributed by atoms with E-state index in [-0.39, 0.29) is 11.8 Å². The molecular formula is C22H25FN6. The summed E-state index contributed by atoms with van der Waals surface area (Å²) in [5.74, 6) is 0.703. The second kappa shape index (κ2) is 8.98. The number of nitrogens with zero attached hydrogens (tertiary/aromatic N) is 3. The Morgan fingerprint density at radius 1 is 1.10 bits per heavy atom. The Morgan fingerprint density at radius 3 is 2.69 bits per heavy atom. The number of rotatable bonds is 7. The Kier molecular flexibility index (Phi) is 5.97. The number of nitrogen functional groups attached to an aromatic ring is 1. The van der Waals surface area contributed by atoms with Crippen LogP contribution in [0.15, 0.2) is 54.7 Å². The summed E-state index contributed by atoms with van der Waals surface area (Å²) >= 11 is 0. The maximum atomic E-state index is 13.6. The summed E-state index contributed by atoms with van der Waals surface area (Å²) in [5, 5.41) is 6.74. The fraction of sp³-hybridized carbons (Fsp3) is 0.273. The Bertz CT molecular complexity index is 971. The predicted octanol–water partition coefficient (Wildman–Crippen LogP) is 3.20. The van der Waals surface area contributed by atoms with E-state index in [1.165, 1.54) is 12.1 Å². The SMILES string of the molecule is Nc1ncc(-c2cccc(-c3cccc(F)c3)c2)c(NCCCN2CCNC2)n1. The van der Waals surface area contributed by atoms with E-state index >= 15 is 0 Å². The second-order valence-electron chi connectivity index (χ2n) is 7.14. The summed E-state index contributed by atoms with van der Waals surface area (Å²) in [6.45, 7) is 4.94. The first-order valence-electron chi connectivity index (χ1n) is 9.85. The van der Waals surface area contributed by atoms with Crippen molar-refractivity contribution in [3.8, 4) is 22.3 Å². The number of nitrogens with two attached hydrogens (primary N) is 1. The third kappa shape index (κ3) is 4.88. The number of hydrogen-bond acceptors (Lipinski definition) is 6. The van der Waals surface area contributed by atoms with Gasteiger partial charge in [0.15, 0.2) is 0 Å². The summed E-state index contributed by atoms with van der Waals surface area (Å²) in [6, 6.07) is 14.5. The third-order valence-electron chi connectivity index (χ3n) is 5.02. The van der Waals surface area contributed by atoms with Crippen molar-refractivity contribution in [2.24, 2.45) is 0 Å². The van der Waals surface area contributed by atoms with Gasteiger partial charge in [0, 0.05) is 44.6 Å². The highest BCUT2D eigenvalue weighted by Crippen LogP contribution is 2.30. The smallest absolute Gasteiger partial charge is 0.221 e. The molecule has 0 atom stereocenters. The third-order valence-corrected chi connectivity index (χ3v) is 5.02. The van der Waals surface area contributed by atoms with Gasteiger partial charge in [-0.3, -0.25) is 4.90 Å². The Hall–Kier alpha value is -3.03. The molecule has 2 aromatic carbocycles. The van der Waals surface area contributed by atoms with Gasteiger partial charge in [-0.2, -0.15) is 4.98 Å². The van der Waals surface area contributed by atoms with Gasteiger partial charge in [-0.25, -0.2) is 9.37 Å². The molecule has 6 nitrogen and oxygen atoms in total. The maximum absolute atomic E-state index is 13.6. The number of benzene rings is 2. The summed E-state index contributed by atoms with van der Waals surface area (Å²) in [4.78, 5) is 11.0. The van der Waals surface area contributed by atoms with Gasteiger partial charge in [0.2, 0.25) is 5.95 Å². The van der Waals surface area contributed by atoms with Crippen LogP contribution < -0.4 is 16.4 Å². The van der Waals surface area contributed by atoms with Crippen molar-refractivity contribution in [2.75, 3.05) is 43.9 Å². The lowest BCUT2D eigenvalue weighted by molar-refractivity contribution is 0.333. The van der Waals surface area contributed by atoms with Crippen molar-refractivity contribution in [2.45, 2.75) is 6.42 Å². The van der Waals surface area contributed by atoms with Crippen molar-refractivity contribution in [3.63, 3.8) is 0 Å². The van der Waals surface area contributed by atoms with Crippen LogP contribution in [0.2, 0.25) is 0 Å². The van der Waals surface area contributed by atoms with Gasteiger partial charge in [-0.1, -0.05) is 30.3 Å². The quantitative estimate of drug-likeness (QED) is 0.536. The van der Waals surface area contributed by atoms with Crippen LogP contribution in [0.3, 0.4) is 0 Å². The molecule has 1 aromatic heterocycles. The van der Waals surface area contributed by atoms with Crippen LogP contribution in [0.4, 0.5) is 16.2 Å². The van der Waals surface area contributed by atoms with E-state index in [4.69, 9.17) is 5.73 Å². The number of nitrogens with one attached hydrogen (secondary N) is 2. The van der Waals surface area contributed by atoms with E-state index < -0.39 is 0 Å². The van der Waals surface area contributed by atoms with Crippen LogP contribution in [-0.4, -0.2) is 47.7 Å². The Morgan fingerprint density at radius 2 is 1.90 bits per heavy atom. The van der Waals surface area contributed by atoms with Gasteiger partial charge in [0.25, 0.3) is 0 Å². The molecule has 7 heteroatoms. The van der Waals surface area contributed by atoms with Crippen LogP contribution in [0, 0.1) is 5.82 Å². The first-order valence-corrected chi connectivity index (χ1v) is 9.85. The normalized spacial score (nSPS) is 14.2. The monoisotopic (exact) mass is 392 g/mol. The van der Waals surface area contributed by atoms with Crippen LogP contribution in [0.1, 0.15) is 6.42 Å². The average Bonchev–Trinajstić information content (AvgIpc) is 3.25.